The van der Waals surface area contributed by atoms with Crippen LogP contribution >= 0.6 is 0 Å². The minimum atomic E-state index is -1.24. The topological polar surface area (TPSA) is 72.5 Å². The van der Waals surface area contributed by atoms with E-state index >= 15 is 0 Å². The first-order valence-electron chi connectivity index (χ1n) is 8.13. The van der Waals surface area contributed by atoms with Crippen LogP contribution in [0.4, 0.5) is 11.4 Å². The molecular formula is C18H22N3O3S-. The molecule has 1 atom stereocenters. The summed E-state index contributed by atoms with van der Waals surface area (Å²) in [4.78, 5) is 4.38. The number of benzene rings is 1. The van der Waals surface area contributed by atoms with Crippen molar-refractivity contribution in [2.45, 2.75) is 19.1 Å². The number of fused-ring (bicyclic) bond motifs is 1. The number of hydrogen-bond donors (Lipinski definition) is 2. The quantitative estimate of drug-likeness (QED) is 0.557. The summed E-state index contributed by atoms with van der Waals surface area (Å²) in [6, 6.07) is 9.61. The maximum absolute atomic E-state index is 12.7. The Hall–Kier alpha value is -2.12. The number of pyridine rings is 1. The second kappa shape index (κ2) is 8.31. The Morgan fingerprint density at radius 1 is 1.16 bits per heavy atom. The van der Waals surface area contributed by atoms with Gasteiger partial charge in [0.25, 0.3) is 0 Å². The van der Waals surface area contributed by atoms with Gasteiger partial charge in [0.15, 0.2) is 0 Å². The van der Waals surface area contributed by atoms with E-state index in [1.807, 2.05) is 37.3 Å². The average Bonchev–Trinajstić information content (AvgIpc) is 3.06. The van der Waals surface area contributed by atoms with E-state index in [9.17, 15) is 4.21 Å². The summed E-state index contributed by atoms with van der Waals surface area (Å²) in [6.07, 6.45) is 2.52. The summed E-state index contributed by atoms with van der Waals surface area (Å²) in [5, 5.41) is 6.34. The molecule has 3 rings (SSSR count). The summed E-state index contributed by atoms with van der Waals surface area (Å²) in [5.74, 6) is 1.10. The van der Waals surface area contributed by atoms with Gasteiger partial charge in [-0.1, -0.05) is 28.4 Å². The second-order valence-electron chi connectivity index (χ2n) is 5.69. The van der Waals surface area contributed by atoms with Crippen molar-refractivity contribution in [3.05, 3.63) is 53.3 Å². The minimum absolute atomic E-state index is 0.324. The number of anilines is 2. The number of methoxy groups -OCH3 is 1. The first-order valence-corrected chi connectivity index (χ1v) is 9.45. The van der Waals surface area contributed by atoms with Crippen molar-refractivity contribution in [3.8, 4) is 5.75 Å². The minimum Gasteiger partial charge on any atom is -0.499 e. The van der Waals surface area contributed by atoms with E-state index in [4.69, 9.17) is 9.47 Å². The lowest BCUT2D eigenvalue weighted by atomic mass is 10.2. The lowest BCUT2D eigenvalue weighted by molar-refractivity contribution is 0.172. The van der Waals surface area contributed by atoms with E-state index in [0.717, 1.165) is 34.8 Å². The number of nitrogens with zero attached hydrogens (tertiary/aromatic N) is 1. The van der Waals surface area contributed by atoms with Crippen LogP contribution in [-0.4, -0.2) is 29.5 Å². The van der Waals surface area contributed by atoms with Gasteiger partial charge in [0, 0.05) is 49.0 Å². The zero-order valence-electron chi connectivity index (χ0n) is 14.4. The Morgan fingerprint density at radius 2 is 1.88 bits per heavy atom. The molecule has 0 saturated heterocycles. The summed E-state index contributed by atoms with van der Waals surface area (Å²) >= 11 is 0. The zero-order valence-corrected chi connectivity index (χ0v) is 15.2. The molecule has 1 aliphatic rings. The highest BCUT2D eigenvalue weighted by atomic mass is 32.2. The molecule has 1 aromatic heterocycles. The van der Waals surface area contributed by atoms with Crippen LogP contribution in [-0.2, 0) is 21.3 Å². The smallest absolute Gasteiger partial charge is 0.125 e. The normalized spacial score (nSPS) is 14.5. The van der Waals surface area contributed by atoms with Crippen LogP contribution in [0.3, 0.4) is 0 Å². The zero-order chi connectivity index (χ0) is 17.6. The monoisotopic (exact) mass is 360 g/mol. The van der Waals surface area contributed by atoms with Gasteiger partial charge in [0.2, 0.25) is 0 Å². The molecule has 1 aliphatic heterocycles. The van der Waals surface area contributed by atoms with Crippen molar-refractivity contribution in [3.63, 3.8) is 0 Å². The molecule has 2 heterocycles. The standard InChI is InChI=1S/C18H22N3O3S/c1-13-16(19-9-8-17(13)24-11-5-10-23-2)12-25(22)18-20-14-6-3-4-7-15(14)21-18/h3-4,6-9,20-21H,5,10-12H2,1-2H3/q-1. The van der Waals surface area contributed by atoms with E-state index in [-0.39, 0.29) is 0 Å². The summed E-state index contributed by atoms with van der Waals surface area (Å²) in [7, 11) is 0.429. The Balaban J connectivity index is 1.62. The molecule has 1 aromatic carbocycles. The Kier molecular flexibility index (Phi) is 5.88. The van der Waals surface area contributed by atoms with Gasteiger partial charge >= 0.3 is 0 Å². The van der Waals surface area contributed by atoms with Crippen LogP contribution in [0.15, 0.2) is 36.5 Å². The molecule has 0 aliphatic carbocycles. The first-order chi connectivity index (χ1) is 12.2. The third kappa shape index (κ3) is 4.29. The van der Waals surface area contributed by atoms with Crippen LogP contribution in [0.1, 0.15) is 17.7 Å². The fraction of sp³-hybridized carbons (Fsp3) is 0.333. The molecule has 0 spiro atoms. The molecule has 2 N–H and O–H groups in total. The predicted octanol–water partition coefficient (Wildman–Crippen LogP) is 3.04. The Labute approximate surface area is 150 Å². The second-order valence-corrected chi connectivity index (χ2v) is 7.08. The molecule has 0 saturated carbocycles. The molecule has 2 aromatic rings. The number of hydrogen-bond acceptors (Lipinski definition) is 6. The molecule has 1 unspecified atom stereocenters. The van der Waals surface area contributed by atoms with Gasteiger partial charge in [0.05, 0.1) is 12.3 Å². The van der Waals surface area contributed by atoms with Crippen molar-refractivity contribution >= 4 is 22.2 Å². The third-order valence-electron chi connectivity index (χ3n) is 3.93. The number of aromatic nitrogens is 1. The molecule has 25 heavy (non-hydrogen) atoms. The van der Waals surface area contributed by atoms with E-state index in [1.165, 1.54) is 0 Å². The number of rotatable bonds is 8. The highest BCUT2D eigenvalue weighted by Gasteiger charge is 2.15. The molecule has 6 nitrogen and oxygen atoms in total. The third-order valence-corrected chi connectivity index (χ3v) is 5.12. The average molecular weight is 360 g/mol. The van der Waals surface area contributed by atoms with Crippen LogP contribution < -0.4 is 15.4 Å². The van der Waals surface area contributed by atoms with Gasteiger partial charge in [-0.3, -0.25) is 9.19 Å². The van der Waals surface area contributed by atoms with Crippen LogP contribution in [0.25, 0.3) is 0 Å². The number of nitrogens with one attached hydrogen (secondary N) is 2. The Bertz CT molecular complexity index is 729. The van der Waals surface area contributed by atoms with Gasteiger partial charge < -0.3 is 20.1 Å². The fourth-order valence-corrected chi connectivity index (χ4v) is 3.66. The lowest BCUT2D eigenvalue weighted by Gasteiger charge is -2.26. The van der Waals surface area contributed by atoms with E-state index in [0.29, 0.717) is 24.5 Å². The molecular weight excluding hydrogens is 338 g/mol. The van der Waals surface area contributed by atoms with Gasteiger partial charge in [0.1, 0.15) is 5.75 Å². The molecule has 0 amide bonds. The number of ether oxygens (including phenoxy) is 2. The summed E-state index contributed by atoms with van der Waals surface area (Å²) in [5.41, 5.74) is 4.16. The highest BCUT2D eigenvalue weighted by molar-refractivity contribution is 7.87. The maximum atomic E-state index is 12.7. The fourth-order valence-electron chi connectivity index (χ4n) is 2.53. The molecule has 0 radical (unpaired) electrons. The van der Waals surface area contributed by atoms with Crippen molar-refractivity contribution in [2.24, 2.45) is 0 Å². The van der Waals surface area contributed by atoms with Gasteiger partial charge in [-0.25, -0.2) is 0 Å². The van der Waals surface area contributed by atoms with E-state index in [1.54, 1.807) is 13.3 Å². The molecule has 0 bridgehead atoms. The molecule has 7 heteroatoms. The SMILES string of the molecule is COCCCOc1ccnc(CS(=O)[C-]2Nc3ccccc3N2)c1C. The molecule has 0 fully saturated rings. The van der Waals surface area contributed by atoms with E-state index < -0.39 is 10.8 Å². The van der Waals surface area contributed by atoms with Crippen molar-refractivity contribution in [1.29, 1.82) is 0 Å². The van der Waals surface area contributed by atoms with Gasteiger partial charge in [-0.2, -0.15) is 0 Å². The number of para-hydroxylation sites is 2. The van der Waals surface area contributed by atoms with Crippen LogP contribution in [0.5, 0.6) is 5.75 Å². The van der Waals surface area contributed by atoms with Gasteiger partial charge in [-0.15, -0.1) is 0 Å². The highest BCUT2D eigenvalue weighted by Crippen LogP contribution is 2.33. The maximum Gasteiger partial charge on any atom is 0.125 e. The molecule has 134 valence electrons. The first kappa shape index (κ1) is 17.7. The van der Waals surface area contributed by atoms with Gasteiger partial charge in [-0.05, 0) is 25.1 Å². The largest absolute Gasteiger partial charge is 0.499 e. The lowest BCUT2D eigenvalue weighted by Crippen LogP contribution is -2.20. The summed E-state index contributed by atoms with van der Waals surface area (Å²) in [6.45, 7) is 3.19. The van der Waals surface area contributed by atoms with Crippen molar-refractivity contribution in [2.75, 3.05) is 31.0 Å². The van der Waals surface area contributed by atoms with Crippen LogP contribution in [0.2, 0.25) is 0 Å². The van der Waals surface area contributed by atoms with Crippen LogP contribution in [0, 0.1) is 12.4 Å². The predicted molar refractivity (Wildman–Crippen MR) is 99.7 cm³/mol. The van der Waals surface area contributed by atoms with E-state index in [2.05, 4.69) is 15.6 Å². The summed E-state index contributed by atoms with van der Waals surface area (Å²) < 4.78 is 23.5. The van der Waals surface area contributed by atoms with Crippen molar-refractivity contribution in [1.82, 2.24) is 4.98 Å². The van der Waals surface area contributed by atoms with Crippen molar-refractivity contribution < 1.29 is 13.7 Å². The Morgan fingerprint density at radius 3 is 2.56 bits per heavy atom.